The smallest absolute Gasteiger partial charge is 0.367 e. The van der Waals surface area contributed by atoms with Gasteiger partial charge in [0.15, 0.2) is 0 Å². The summed E-state index contributed by atoms with van der Waals surface area (Å²) in [5, 5.41) is 2.37. The molecule has 0 aromatic heterocycles. The summed E-state index contributed by atoms with van der Waals surface area (Å²) >= 11 is 0. The zero-order valence-corrected chi connectivity index (χ0v) is 6.96. The fourth-order valence-corrected chi connectivity index (χ4v) is 1.35. The Morgan fingerprint density at radius 2 is 2.55 bits per heavy atom. The van der Waals surface area contributed by atoms with Gasteiger partial charge in [-0.15, -0.1) is 0 Å². The van der Waals surface area contributed by atoms with E-state index in [0.29, 0.717) is 6.04 Å². The van der Waals surface area contributed by atoms with Crippen molar-refractivity contribution in [2.75, 3.05) is 6.54 Å². The Morgan fingerprint density at radius 3 is 3.00 bits per heavy atom. The molecule has 1 unspecified atom stereocenters. The number of hydrogen-bond acceptors (Lipinski definition) is 3. The van der Waals surface area contributed by atoms with E-state index in [1.807, 2.05) is 6.92 Å². The van der Waals surface area contributed by atoms with E-state index in [-0.39, 0.29) is 6.09 Å². The zero-order valence-electron chi connectivity index (χ0n) is 6.96. The first-order valence-electron chi connectivity index (χ1n) is 3.90. The Morgan fingerprint density at radius 1 is 1.82 bits per heavy atom. The number of nitrogens with one attached hydrogen (secondary N) is 1. The Bertz CT molecular complexity index is 154. The van der Waals surface area contributed by atoms with Crippen molar-refractivity contribution in [3.63, 3.8) is 0 Å². The predicted octanol–water partition coefficient (Wildman–Crippen LogP) is -0.340. The predicted molar refractivity (Wildman–Crippen MR) is 43.6 cm³/mol. The lowest BCUT2D eigenvalue weighted by Crippen LogP contribution is -2.36. The van der Waals surface area contributed by atoms with Gasteiger partial charge in [-0.25, -0.2) is 10.2 Å². The number of rotatable bonds is 1. The van der Waals surface area contributed by atoms with Crippen LogP contribution in [0.15, 0.2) is 0 Å². The lowest BCUT2D eigenvalue weighted by Gasteiger charge is -2.19. The van der Waals surface area contributed by atoms with E-state index in [0.717, 1.165) is 19.4 Å². The van der Waals surface area contributed by atoms with E-state index in [9.17, 15) is 4.79 Å². The van der Waals surface area contributed by atoms with Crippen LogP contribution >= 0.6 is 0 Å². The summed E-state index contributed by atoms with van der Waals surface area (Å²) in [6.45, 7) is 2.85. The topological polar surface area (TPSA) is 41.6 Å². The van der Waals surface area contributed by atoms with Gasteiger partial charge in [0, 0.05) is 12.6 Å². The molecule has 11 heavy (non-hydrogen) atoms. The summed E-state index contributed by atoms with van der Waals surface area (Å²) in [4.78, 5) is 17.5. The first-order chi connectivity index (χ1) is 5.25. The first kappa shape index (κ1) is 8.39. The Hall–Kier alpha value is -0.705. The third-order valence-electron chi connectivity index (χ3n) is 1.98. The molecular formula is C6H13BN2O2. The molecule has 1 atom stereocenters. The number of carbonyl (C=O) groups excluding carboxylic acids is 1. The van der Waals surface area contributed by atoms with Crippen LogP contribution in [0.25, 0.3) is 0 Å². The van der Waals surface area contributed by atoms with Crippen LogP contribution in [0.4, 0.5) is 4.79 Å². The van der Waals surface area contributed by atoms with Gasteiger partial charge >= 0.3 is 6.09 Å². The maximum absolute atomic E-state index is 11.1. The number of nitrogens with zero attached hydrogens (tertiary/aromatic N) is 1. The van der Waals surface area contributed by atoms with Crippen molar-refractivity contribution in [2.45, 2.75) is 25.8 Å². The zero-order chi connectivity index (χ0) is 8.27. The average Bonchev–Trinajstić information content (AvgIpc) is 2.36. The molecule has 0 spiro atoms. The highest BCUT2D eigenvalue weighted by molar-refractivity contribution is 6.03. The minimum atomic E-state index is -0.266. The molecule has 1 saturated heterocycles. The molecule has 5 heteroatoms. The molecule has 1 heterocycles. The van der Waals surface area contributed by atoms with Crippen LogP contribution in [0.5, 0.6) is 0 Å². The van der Waals surface area contributed by atoms with Gasteiger partial charge in [-0.2, -0.15) is 0 Å². The summed E-state index contributed by atoms with van der Waals surface area (Å²) in [6.07, 6.45) is 1.90. The van der Waals surface area contributed by atoms with Crippen molar-refractivity contribution in [1.82, 2.24) is 10.3 Å². The second-order valence-electron chi connectivity index (χ2n) is 2.76. The van der Waals surface area contributed by atoms with E-state index < -0.39 is 0 Å². The molecule has 0 bridgehead atoms. The molecule has 0 saturated carbocycles. The summed E-state index contributed by atoms with van der Waals surface area (Å²) < 4.78 is 0. The molecule has 1 N–H and O–H groups in total. The van der Waals surface area contributed by atoms with Crippen LogP contribution in [0.3, 0.4) is 0 Å². The van der Waals surface area contributed by atoms with Crippen LogP contribution in [0.1, 0.15) is 19.8 Å². The molecule has 1 amide bonds. The molecule has 62 valence electrons. The van der Waals surface area contributed by atoms with Gasteiger partial charge < -0.3 is 9.74 Å². The van der Waals surface area contributed by atoms with Gasteiger partial charge in [-0.05, 0) is 19.8 Å². The fraction of sp³-hybridized carbons (Fsp3) is 0.833. The second kappa shape index (κ2) is 3.62. The standard InChI is InChI=1S/C6H13BN2O2/c1-5-3-2-4-9(5)6(10)11-8-7/h5,8H,2-4,7H2,1H3. The SMILES string of the molecule is BNOC(=O)N1CCCC1C. The average molecular weight is 156 g/mol. The van der Waals surface area contributed by atoms with Crippen LogP contribution in [0, 0.1) is 0 Å². The highest BCUT2D eigenvalue weighted by Crippen LogP contribution is 2.16. The first-order valence-corrected chi connectivity index (χ1v) is 3.90. The molecule has 0 aliphatic carbocycles. The van der Waals surface area contributed by atoms with E-state index in [1.54, 1.807) is 12.9 Å². The molecule has 0 radical (unpaired) electrons. The van der Waals surface area contributed by atoms with Crippen molar-refractivity contribution in [3.05, 3.63) is 0 Å². The second-order valence-corrected chi connectivity index (χ2v) is 2.76. The summed E-state index contributed by atoms with van der Waals surface area (Å²) in [5.41, 5.74) is 0. The number of amides is 1. The number of likely N-dealkylation sites (tertiary alicyclic amines) is 1. The molecule has 1 aliphatic heterocycles. The normalized spacial score (nSPS) is 23.7. The Kier molecular flexibility index (Phi) is 2.76. The lowest BCUT2D eigenvalue weighted by molar-refractivity contribution is 0.0828. The quantitative estimate of drug-likeness (QED) is 0.417. The van der Waals surface area contributed by atoms with Gasteiger partial charge in [-0.3, -0.25) is 0 Å². The third kappa shape index (κ3) is 1.86. The van der Waals surface area contributed by atoms with Crippen LogP contribution < -0.4 is 5.39 Å². The van der Waals surface area contributed by atoms with Gasteiger partial charge in [0.2, 0.25) is 7.98 Å². The molecule has 4 nitrogen and oxygen atoms in total. The maximum Gasteiger partial charge on any atom is 0.427 e. The largest absolute Gasteiger partial charge is 0.427 e. The minimum Gasteiger partial charge on any atom is -0.367 e. The minimum absolute atomic E-state index is 0.266. The van der Waals surface area contributed by atoms with Crippen LogP contribution in [-0.2, 0) is 4.84 Å². The van der Waals surface area contributed by atoms with Crippen molar-refractivity contribution in [2.24, 2.45) is 0 Å². The number of hydrogen-bond donors (Lipinski definition) is 1. The molecular weight excluding hydrogens is 143 g/mol. The van der Waals surface area contributed by atoms with Crippen LogP contribution in [-0.4, -0.2) is 31.6 Å². The monoisotopic (exact) mass is 156 g/mol. The van der Waals surface area contributed by atoms with Gasteiger partial charge in [0.1, 0.15) is 0 Å². The molecule has 0 aromatic rings. The number of carbonyl (C=O) groups is 1. The lowest BCUT2D eigenvalue weighted by atomic mass is 10.2. The molecule has 1 fully saturated rings. The van der Waals surface area contributed by atoms with Crippen molar-refractivity contribution >= 4 is 14.1 Å². The maximum atomic E-state index is 11.1. The van der Waals surface area contributed by atoms with Gasteiger partial charge in [-0.1, -0.05) is 0 Å². The summed E-state index contributed by atoms with van der Waals surface area (Å²) in [7, 11) is 1.58. The highest BCUT2D eigenvalue weighted by atomic mass is 16.7. The van der Waals surface area contributed by atoms with Crippen LogP contribution in [0.2, 0.25) is 0 Å². The van der Waals surface area contributed by atoms with E-state index >= 15 is 0 Å². The summed E-state index contributed by atoms with van der Waals surface area (Å²) in [5.74, 6) is 0. The Labute approximate surface area is 67.3 Å². The van der Waals surface area contributed by atoms with E-state index in [4.69, 9.17) is 0 Å². The van der Waals surface area contributed by atoms with Crippen molar-refractivity contribution in [3.8, 4) is 0 Å². The fourth-order valence-electron chi connectivity index (χ4n) is 1.35. The van der Waals surface area contributed by atoms with Gasteiger partial charge in [0.25, 0.3) is 0 Å². The molecule has 1 aliphatic rings. The summed E-state index contributed by atoms with van der Waals surface area (Å²) in [6, 6.07) is 0.329. The van der Waals surface area contributed by atoms with Gasteiger partial charge in [0.05, 0.1) is 0 Å². The van der Waals surface area contributed by atoms with E-state index in [1.165, 1.54) is 0 Å². The highest BCUT2D eigenvalue weighted by Gasteiger charge is 2.25. The van der Waals surface area contributed by atoms with Crippen molar-refractivity contribution < 1.29 is 9.63 Å². The Balaban J connectivity index is 2.39. The van der Waals surface area contributed by atoms with Crippen molar-refractivity contribution in [1.29, 1.82) is 0 Å². The van der Waals surface area contributed by atoms with E-state index in [2.05, 4.69) is 10.2 Å². The third-order valence-corrected chi connectivity index (χ3v) is 1.98. The molecule has 1 rings (SSSR count). The molecule has 0 aromatic carbocycles.